The monoisotopic (exact) mass is 509 g/mol. The van der Waals surface area contributed by atoms with Crippen LogP contribution in [-0.4, -0.2) is 40.1 Å². The van der Waals surface area contributed by atoms with Gasteiger partial charge in [0.2, 0.25) is 0 Å². The Hall–Kier alpha value is -3.50. The Kier molecular flexibility index (Phi) is 5.96. The van der Waals surface area contributed by atoms with Gasteiger partial charge in [-0.2, -0.15) is 5.10 Å². The molecule has 10 heteroatoms. The second-order valence-electron chi connectivity index (χ2n) is 9.47. The van der Waals surface area contributed by atoms with Crippen molar-refractivity contribution in [1.82, 2.24) is 24.2 Å². The van der Waals surface area contributed by atoms with Crippen LogP contribution in [0.15, 0.2) is 53.6 Å². The number of imidazole rings is 1. The van der Waals surface area contributed by atoms with Crippen LogP contribution in [0, 0.1) is 19.7 Å². The molecule has 5 rings (SSSR count). The third-order valence-electron chi connectivity index (χ3n) is 6.53. The average molecular weight is 510 g/mol. The molecule has 0 fully saturated rings. The molecular formula is C26H28FN5O3S. The Balaban J connectivity index is 1.65. The summed E-state index contributed by atoms with van der Waals surface area (Å²) in [6.45, 7) is 6.25. The third-order valence-corrected chi connectivity index (χ3v) is 7.39. The van der Waals surface area contributed by atoms with E-state index in [1.165, 1.54) is 10.8 Å². The summed E-state index contributed by atoms with van der Waals surface area (Å²) >= 11 is 0. The van der Waals surface area contributed by atoms with Crippen LogP contribution in [0.25, 0.3) is 17.2 Å². The molecule has 3 heterocycles. The molecule has 0 unspecified atom stereocenters. The van der Waals surface area contributed by atoms with Crippen molar-refractivity contribution in [2.45, 2.75) is 39.0 Å². The van der Waals surface area contributed by atoms with Crippen LogP contribution in [0.3, 0.4) is 0 Å². The Bertz CT molecular complexity index is 1610. The predicted octanol–water partition coefficient (Wildman–Crippen LogP) is 3.32. The molecule has 1 aliphatic heterocycles. The molecule has 0 saturated carbocycles. The number of halogens is 1. The second kappa shape index (κ2) is 8.86. The minimum absolute atomic E-state index is 0.0225. The van der Waals surface area contributed by atoms with E-state index in [0.717, 1.165) is 24.2 Å². The number of benzene rings is 2. The molecule has 0 amide bonds. The Morgan fingerprint density at radius 3 is 2.33 bits per heavy atom. The molecule has 188 valence electrons. The van der Waals surface area contributed by atoms with Crippen molar-refractivity contribution in [2.75, 3.05) is 12.8 Å². The van der Waals surface area contributed by atoms with Crippen LogP contribution in [0.1, 0.15) is 40.9 Å². The molecule has 0 spiro atoms. The fraction of sp³-hybridized carbons (Fsp3) is 0.308. The van der Waals surface area contributed by atoms with E-state index in [-0.39, 0.29) is 23.3 Å². The molecule has 8 nitrogen and oxygen atoms in total. The molecule has 0 saturated heterocycles. The maximum Gasteiger partial charge on any atom is 0.338 e. The van der Waals surface area contributed by atoms with Crippen molar-refractivity contribution in [3.05, 3.63) is 93.0 Å². The van der Waals surface area contributed by atoms with E-state index in [4.69, 9.17) is 5.10 Å². The zero-order chi connectivity index (χ0) is 25.8. The predicted molar refractivity (Wildman–Crippen MR) is 137 cm³/mol. The van der Waals surface area contributed by atoms with E-state index < -0.39 is 9.84 Å². The minimum Gasteiger partial charge on any atom is -0.310 e. The zero-order valence-electron chi connectivity index (χ0n) is 20.6. The van der Waals surface area contributed by atoms with E-state index in [9.17, 15) is 17.6 Å². The van der Waals surface area contributed by atoms with E-state index in [2.05, 4.69) is 5.32 Å². The highest BCUT2D eigenvalue weighted by atomic mass is 32.2. The van der Waals surface area contributed by atoms with Gasteiger partial charge in [0, 0.05) is 43.2 Å². The highest BCUT2D eigenvalue weighted by Gasteiger charge is 2.29. The van der Waals surface area contributed by atoms with Crippen molar-refractivity contribution in [2.24, 2.45) is 0 Å². The number of rotatable bonds is 5. The topological polar surface area (TPSA) is 90.9 Å². The van der Waals surface area contributed by atoms with Crippen molar-refractivity contribution in [3.63, 3.8) is 0 Å². The molecule has 4 aromatic rings. The molecule has 2 aromatic carbocycles. The maximum absolute atomic E-state index is 14.4. The molecule has 0 aliphatic carbocycles. The lowest BCUT2D eigenvalue weighted by Gasteiger charge is -2.21. The molecular weight excluding hydrogens is 481 g/mol. The molecule has 1 aliphatic rings. The minimum atomic E-state index is -3.15. The summed E-state index contributed by atoms with van der Waals surface area (Å²) in [5.41, 5.74) is 4.53. The summed E-state index contributed by atoms with van der Waals surface area (Å²) in [6.07, 6.45) is 5.29. The van der Waals surface area contributed by atoms with Gasteiger partial charge in [-0.05, 0) is 61.7 Å². The number of hydrogen-bond donors (Lipinski definition) is 1. The first-order valence-electron chi connectivity index (χ1n) is 11.7. The molecule has 0 bridgehead atoms. The van der Waals surface area contributed by atoms with Gasteiger partial charge in [0.25, 0.3) is 0 Å². The Morgan fingerprint density at radius 1 is 1.06 bits per heavy atom. The van der Waals surface area contributed by atoms with Crippen LogP contribution in [0.5, 0.6) is 0 Å². The van der Waals surface area contributed by atoms with Gasteiger partial charge in [-0.15, -0.1) is 0 Å². The Morgan fingerprint density at radius 2 is 1.69 bits per heavy atom. The Labute approximate surface area is 208 Å². The van der Waals surface area contributed by atoms with Gasteiger partial charge in [0.1, 0.15) is 11.6 Å². The fourth-order valence-corrected chi connectivity index (χ4v) is 5.65. The molecule has 1 N–H and O–H groups in total. The largest absolute Gasteiger partial charge is 0.338 e. The average Bonchev–Trinajstić information content (AvgIpc) is 3.38. The highest BCUT2D eigenvalue weighted by Crippen LogP contribution is 2.31. The van der Waals surface area contributed by atoms with E-state index in [1.807, 2.05) is 6.92 Å². The van der Waals surface area contributed by atoms with Gasteiger partial charge < -0.3 is 5.32 Å². The summed E-state index contributed by atoms with van der Waals surface area (Å²) in [4.78, 5) is 13.7. The summed E-state index contributed by atoms with van der Waals surface area (Å²) in [6, 6.07) is 10.3. The summed E-state index contributed by atoms with van der Waals surface area (Å²) < 4.78 is 42.4. The molecule has 1 atom stereocenters. The van der Waals surface area contributed by atoms with E-state index in [0.29, 0.717) is 33.9 Å². The van der Waals surface area contributed by atoms with Crippen molar-refractivity contribution < 1.29 is 12.8 Å². The van der Waals surface area contributed by atoms with Crippen LogP contribution in [-0.2, 0) is 22.0 Å². The second-order valence-corrected chi connectivity index (χ2v) is 11.6. The number of fused-ring (bicyclic) bond motifs is 1. The van der Waals surface area contributed by atoms with E-state index in [1.54, 1.807) is 71.9 Å². The molecule has 36 heavy (non-hydrogen) atoms. The number of nitrogens with one attached hydrogen (secondary N) is 1. The third kappa shape index (κ3) is 4.31. The van der Waals surface area contributed by atoms with Crippen molar-refractivity contribution >= 4 is 9.84 Å². The van der Waals surface area contributed by atoms with Crippen LogP contribution in [0.2, 0.25) is 0 Å². The number of hydrogen-bond acceptors (Lipinski definition) is 5. The lowest BCUT2D eigenvalue weighted by atomic mass is 10.0. The van der Waals surface area contributed by atoms with Gasteiger partial charge in [-0.1, -0.05) is 12.1 Å². The van der Waals surface area contributed by atoms with Crippen molar-refractivity contribution in [3.8, 4) is 17.2 Å². The first-order chi connectivity index (χ1) is 17.0. The number of aryl methyl sites for hydroxylation is 2. The van der Waals surface area contributed by atoms with Gasteiger partial charge in [-0.25, -0.2) is 22.3 Å². The van der Waals surface area contributed by atoms with Gasteiger partial charge >= 0.3 is 5.69 Å². The van der Waals surface area contributed by atoms with Crippen LogP contribution >= 0.6 is 0 Å². The fourth-order valence-electron chi connectivity index (χ4n) is 4.85. The van der Waals surface area contributed by atoms with Crippen LogP contribution < -0.4 is 11.0 Å². The number of sulfone groups is 1. The lowest BCUT2D eigenvalue weighted by molar-refractivity contribution is 0.536. The lowest BCUT2D eigenvalue weighted by Crippen LogP contribution is -2.30. The van der Waals surface area contributed by atoms with E-state index >= 15 is 0 Å². The number of nitrogens with zero attached hydrogens (tertiary/aromatic N) is 4. The van der Waals surface area contributed by atoms with Gasteiger partial charge in [0.05, 0.1) is 22.8 Å². The van der Waals surface area contributed by atoms with Gasteiger partial charge in [0.15, 0.2) is 9.84 Å². The molecule has 0 radical (unpaired) electrons. The summed E-state index contributed by atoms with van der Waals surface area (Å²) in [5.74, 6) is 0.304. The first kappa shape index (κ1) is 24.2. The molecule has 2 aromatic heterocycles. The smallest absolute Gasteiger partial charge is 0.310 e. The first-order valence-corrected chi connectivity index (χ1v) is 13.8. The summed E-state index contributed by atoms with van der Waals surface area (Å²) in [7, 11) is -3.15. The zero-order valence-corrected chi connectivity index (χ0v) is 21.4. The maximum atomic E-state index is 14.4. The normalized spacial score (nSPS) is 15.8. The standard InChI is InChI=1S/C26H28FN5O3S/c1-16-13-21(14-17(2)24(16)27)32-25(23-18(3)28-10-9-22(23)29-32)31-12-11-30(26(31)33)20-7-5-19(6-8-20)15-36(4,34)35/h5-8,11-14,18,28H,9-10,15H2,1-4H3/t18-/m0/s1. The SMILES string of the molecule is Cc1cc(-n2nc3c(c2-n2ccn(-c4ccc(CS(C)(=O)=O)cc4)c2=O)[C@H](C)NCC3)cc(C)c1F. The quantitative estimate of drug-likeness (QED) is 0.446. The number of aromatic nitrogens is 4. The van der Waals surface area contributed by atoms with Gasteiger partial charge in [-0.3, -0.25) is 9.13 Å². The summed E-state index contributed by atoms with van der Waals surface area (Å²) in [5, 5.41) is 8.30. The van der Waals surface area contributed by atoms with Crippen molar-refractivity contribution in [1.29, 1.82) is 0 Å². The highest BCUT2D eigenvalue weighted by molar-refractivity contribution is 7.89. The van der Waals surface area contributed by atoms with Crippen LogP contribution in [0.4, 0.5) is 4.39 Å².